The van der Waals surface area contributed by atoms with Gasteiger partial charge in [-0.1, -0.05) is 23.7 Å². The topological polar surface area (TPSA) is 64.4 Å². The van der Waals surface area contributed by atoms with Crippen molar-refractivity contribution in [3.8, 4) is 6.07 Å². The SMILES string of the molecule is N#Cc1ccc(S(=O)(=O)N2CCN(Cc3ccc(Cl)cc3)CC2)cc1. The van der Waals surface area contributed by atoms with Crippen LogP contribution in [0.4, 0.5) is 0 Å². The van der Waals surface area contributed by atoms with Gasteiger partial charge in [0.25, 0.3) is 0 Å². The smallest absolute Gasteiger partial charge is 0.243 e. The lowest BCUT2D eigenvalue weighted by molar-refractivity contribution is 0.181. The average Bonchev–Trinajstić information content (AvgIpc) is 2.64. The lowest BCUT2D eigenvalue weighted by Gasteiger charge is -2.34. The largest absolute Gasteiger partial charge is 0.296 e. The van der Waals surface area contributed by atoms with E-state index < -0.39 is 10.0 Å². The maximum absolute atomic E-state index is 12.7. The van der Waals surface area contributed by atoms with Crippen molar-refractivity contribution < 1.29 is 8.42 Å². The zero-order valence-corrected chi connectivity index (χ0v) is 15.2. The number of nitrogens with zero attached hydrogens (tertiary/aromatic N) is 3. The first-order valence-corrected chi connectivity index (χ1v) is 9.78. The highest BCUT2D eigenvalue weighted by molar-refractivity contribution is 7.89. The van der Waals surface area contributed by atoms with Crippen LogP contribution in [-0.2, 0) is 16.6 Å². The number of benzene rings is 2. The van der Waals surface area contributed by atoms with E-state index in [-0.39, 0.29) is 4.90 Å². The van der Waals surface area contributed by atoms with Gasteiger partial charge in [-0.2, -0.15) is 9.57 Å². The standard InChI is InChI=1S/C18H18ClN3O2S/c19-17-5-1-16(2-6-17)14-21-9-11-22(12-10-21)25(23,24)18-7-3-15(13-20)4-8-18/h1-8H,9-12,14H2. The fourth-order valence-electron chi connectivity index (χ4n) is 2.83. The van der Waals surface area contributed by atoms with Crippen molar-refractivity contribution in [3.63, 3.8) is 0 Å². The summed E-state index contributed by atoms with van der Waals surface area (Å²) in [6.45, 7) is 3.05. The molecule has 0 unspecified atom stereocenters. The Morgan fingerprint density at radius 1 is 0.960 bits per heavy atom. The average molecular weight is 376 g/mol. The molecule has 0 radical (unpaired) electrons. The van der Waals surface area contributed by atoms with Gasteiger partial charge in [-0.3, -0.25) is 4.90 Å². The second-order valence-electron chi connectivity index (χ2n) is 5.94. The van der Waals surface area contributed by atoms with Crippen molar-refractivity contribution in [1.82, 2.24) is 9.21 Å². The first-order chi connectivity index (χ1) is 12.0. The minimum atomic E-state index is -3.51. The lowest BCUT2D eigenvalue weighted by atomic mass is 10.2. The van der Waals surface area contributed by atoms with E-state index in [1.54, 1.807) is 0 Å². The van der Waals surface area contributed by atoms with E-state index in [9.17, 15) is 8.42 Å². The van der Waals surface area contributed by atoms with Gasteiger partial charge in [0.15, 0.2) is 0 Å². The molecule has 1 saturated heterocycles. The summed E-state index contributed by atoms with van der Waals surface area (Å²) in [6, 6.07) is 15.7. The highest BCUT2D eigenvalue weighted by Gasteiger charge is 2.28. The van der Waals surface area contributed by atoms with Crippen molar-refractivity contribution in [2.45, 2.75) is 11.4 Å². The summed E-state index contributed by atoms with van der Waals surface area (Å²) in [4.78, 5) is 2.46. The molecule has 1 aliphatic rings. The maximum atomic E-state index is 12.7. The summed E-state index contributed by atoms with van der Waals surface area (Å²) in [5, 5.41) is 9.53. The van der Waals surface area contributed by atoms with Crippen LogP contribution in [0.25, 0.3) is 0 Å². The van der Waals surface area contributed by atoms with E-state index >= 15 is 0 Å². The van der Waals surface area contributed by atoms with Crippen LogP contribution >= 0.6 is 11.6 Å². The zero-order chi connectivity index (χ0) is 17.9. The molecule has 1 aliphatic heterocycles. The Balaban J connectivity index is 1.62. The van der Waals surface area contributed by atoms with Crippen LogP contribution in [0.1, 0.15) is 11.1 Å². The molecule has 0 N–H and O–H groups in total. The van der Waals surface area contributed by atoms with E-state index in [1.807, 2.05) is 30.3 Å². The normalized spacial score (nSPS) is 16.5. The van der Waals surface area contributed by atoms with Gasteiger partial charge in [0, 0.05) is 37.7 Å². The highest BCUT2D eigenvalue weighted by atomic mass is 35.5. The van der Waals surface area contributed by atoms with Crippen LogP contribution in [0.3, 0.4) is 0 Å². The fraction of sp³-hybridized carbons (Fsp3) is 0.278. The number of hydrogen-bond donors (Lipinski definition) is 0. The van der Waals surface area contributed by atoms with E-state index in [0.29, 0.717) is 36.8 Å². The van der Waals surface area contributed by atoms with Crippen molar-refractivity contribution >= 4 is 21.6 Å². The summed E-state index contributed by atoms with van der Waals surface area (Å²) in [5.41, 5.74) is 1.61. The Kier molecular flexibility index (Phi) is 5.40. The summed E-state index contributed by atoms with van der Waals surface area (Å²) < 4.78 is 26.9. The van der Waals surface area contributed by atoms with Crippen LogP contribution in [0.2, 0.25) is 5.02 Å². The number of piperazine rings is 1. The molecule has 2 aromatic carbocycles. The van der Waals surface area contributed by atoms with Gasteiger partial charge in [0.05, 0.1) is 16.5 Å². The van der Waals surface area contributed by atoms with Gasteiger partial charge >= 0.3 is 0 Å². The maximum Gasteiger partial charge on any atom is 0.243 e. The molecule has 0 bridgehead atoms. The zero-order valence-electron chi connectivity index (χ0n) is 13.6. The molecule has 0 atom stereocenters. The first kappa shape index (κ1) is 17.9. The number of nitriles is 1. The minimum absolute atomic E-state index is 0.234. The van der Waals surface area contributed by atoms with E-state index in [1.165, 1.54) is 28.6 Å². The molecule has 3 rings (SSSR count). The molecular weight excluding hydrogens is 358 g/mol. The molecule has 0 spiro atoms. The van der Waals surface area contributed by atoms with Crippen LogP contribution in [0.5, 0.6) is 0 Å². The molecule has 0 aliphatic carbocycles. The molecular formula is C18H18ClN3O2S. The molecule has 2 aromatic rings. The van der Waals surface area contributed by atoms with Crippen LogP contribution < -0.4 is 0 Å². The Morgan fingerprint density at radius 2 is 1.56 bits per heavy atom. The number of sulfonamides is 1. The van der Waals surface area contributed by atoms with Crippen LogP contribution in [0.15, 0.2) is 53.4 Å². The Labute approximate surface area is 153 Å². The predicted molar refractivity (Wildman–Crippen MR) is 96.6 cm³/mol. The van der Waals surface area contributed by atoms with Crippen molar-refractivity contribution in [2.75, 3.05) is 26.2 Å². The van der Waals surface area contributed by atoms with E-state index in [2.05, 4.69) is 4.90 Å². The third-order valence-corrected chi connectivity index (χ3v) is 6.44. The molecule has 1 heterocycles. The van der Waals surface area contributed by atoms with Crippen molar-refractivity contribution in [2.24, 2.45) is 0 Å². The molecule has 0 aromatic heterocycles. The fourth-order valence-corrected chi connectivity index (χ4v) is 4.37. The molecule has 130 valence electrons. The second kappa shape index (κ2) is 7.54. The predicted octanol–water partition coefficient (Wildman–Crippen LogP) is 2.72. The highest BCUT2D eigenvalue weighted by Crippen LogP contribution is 2.19. The molecule has 1 fully saturated rings. The minimum Gasteiger partial charge on any atom is -0.296 e. The van der Waals surface area contributed by atoms with Gasteiger partial charge in [-0.05, 0) is 42.0 Å². The third-order valence-electron chi connectivity index (χ3n) is 4.27. The van der Waals surface area contributed by atoms with E-state index in [0.717, 1.165) is 12.1 Å². The monoisotopic (exact) mass is 375 g/mol. The lowest BCUT2D eigenvalue weighted by Crippen LogP contribution is -2.48. The molecule has 0 saturated carbocycles. The first-order valence-electron chi connectivity index (χ1n) is 7.96. The summed E-state index contributed by atoms with van der Waals surface area (Å²) in [5.74, 6) is 0. The molecule has 5 nitrogen and oxygen atoms in total. The van der Waals surface area contributed by atoms with Crippen LogP contribution in [-0.4, -0.2) is 43.8 Å². The molecule has 0 amide bonds. The van der Waals surface area contributed by atoms with Gasteiger partial charge in [0.1, 0.15) is 0 Å². The second-order valence-corrected chi connectivity index (χ2v) is 8.32. The van der Waals surface area contributed by atoms with Crippen LogP contribution in [0, 0.1) is 11.3 Å². The van der Waals surface area contributed by atoms with Gasteiger partial charge in [-0.15, -0.1) is 0 Å². The van der Waals surface area contributed by atoms with Gasteiger partial charge in [-0.25, -0.2) is 8.42 Å². The summed E-state index contributed by atoms with van der Waals surface area (Å²) in [6.07, 6.45) is 0. The number of hydrogen-bond acceptors (Lipinski definition) is 4. The third kappa shape index (κ3) is 4.20. The molecule has 7 heteroatoms. The van der Waals surface area contributed by atoms with Crippen molar-refractivity contribution in [3.05, 3.63) is 64.7 Å². The number of halogens is 1. The Hall–Kier alpha value is -1.91. The molecule has 25 heavy (non-hydrogen) atoms. The van der Waals surface area contributed by atoms with Gasteiger partial charge in [0.2, 0.25) is 10.0 Å². The summed E-state index contributed by atoms with van der Waals surface area (Å²) >= 11 is 5.90. The Bertz CT molecular complexity index is 866. The number of rotatable bonds is 4. The Morgan fingerprint density at radius 3 is 2.12 bits per heavy atom. The van der Waals surface area contributed by atoms with Crippen molar-refractivity contribution in [1.29, 1.82) is 5.26 Å². The quantitative estimate of drug-likeness (QED) is 0.824. The summed E-state index contributed by atoms with van der Waals surface area (Å²) in [7, 11) is -3.51. The van der Waals surface area contributed by atoms with E-state index in [4.69, 9.17) is 16.9 Å². The van der Waals surface area contributed by atoms with Gasteiger partial charge < -0.3 is 0 Å².